The molecule has 1 saturated heterocycles. The average Bonchev–Trinajstić information content (AvgIpc) is 3.33. The van der Waals surface area contributed by atoms with Gasteiger partial charge in [-0.05, 0) is 37.0 Å². The van der Waals surface area contributed by atoms with Crippen LogP contribution < -0.4 is 5.32 Å². The summed E-state index contributed by atoms with van der Waals surface area (Å²) in [7, 11) is 0. The fraction of sp³-hybridized carbons (Fsp3) is 0.471. The monoisotopic (exact) mass is 336 g/mol. The van der Waals surface area contributed by atoms with Gasteiger partial charge in [0.25, 0.3) is 0 Å². The number of nitrogens with one attached hydrogen (secondary N) is 1. The van der Waals surface area contributed by atoms with E-state index in [4.69, 9.17) is 0 Å². The summed E-state index contributed by atoms with van der Waals surface area (Å²) in [5, 5.41) is 2.72. The Morgan fingerprint density at radius 1 is 1.21 bits per heavy atom. The molecule has 2 fully saturated rings. The maximum Gasteiger partial charge on any atom is 0.229 e. The number of carbonyl (C=O) groups excluding carboxylic acids is 3. The molecular formula is C17H18F2N2O3. The normalized spacial score (nSPS) is 18.8. The van der Waals surface area contributed by atoms with Gasteiger partial charge in [-0.1, -0.05) is 0 Å². The summed E-state index contributed by atoms with van der Waals surface area (Å²) in [6.07, 6.45) is 1.99. The lowest BCUT2D eigenvalue weighted by atomic mass is 10.0. The van der Waals surface area contributed by atoms with Gasteiger partial charge in [-0.25, -0.2) is 8.78 Å². The van der Waals surface area contributed by atoms with Crippen molar-refractivity contribution in [3.8, 4) is 0 Å². The first-order chi connectivity index (χ1) is 11.5. The van der Waals surface area contributed by atoms with E-state index in [-0.39, 0.29) is 55.0 Å². The lowest BCUT2D eigenvalue weighted by Gasteiger charge is -2.20. The summed E-state index contributed by atoms with van der Waals surface area (Å²) in [5.41, 5.74) is 0.138. The van der Waals surface area contributed by atoms with E-state index in [1.807, 2.05) is 0 Å². The topological polar surface area (TPSA) is 66.5 Å². The standard InChI is InChI=1S/C17H18F2N2O3/c18-11-3-4-13(19)12(9-11)17(10-1-2-10)20-14(22)7-8-21-15(23)5-6-16(21)24/h3-4,9-10,17H,1-2,5-8H2,(H,20,22)/t17-/m1/s1. The minimum absolute atomic E-state index is 0.0204. The third-order valence-corrected chi connectivity index (χ3v) is 4.42. The van der Waals surface area contributed by atoms with Gasteiger partial charge in [-0.3, -0.25) is 19.3 Å². The Bertz CT molecular complexity index is 672. The van der Waals surface area contributed by atoms with Crippen LogP contribution in [0.1, 0.15) is 43.7 Å². The highest BCUT2D eigenvalue weighted by Crippen LogP contribution is 2.41. The average molecular weight is 336 g/mol. The highest BCUT2D eigenvalue weighted by atomic mass is 19.1. The van der Waals surface area contributed by atoms with E-state index in [1.54, 1.807) is 0 Å². The van der Waals surface area contributed by atoms with Crippen molar-refractivity contribution in [2.45, 2.75) is 38.1 Å². The molecule has 3 rings (SSSR count). The highest BCUT2D eigenvalue weighted by Gasteiger charge is 2.35. The maximum absolute atomic E-state index is 14.0. The number of likely N-dealkylation sites (tertiary alicyclic amines) is 1. The lowest BCUT2D eigenvalue weighted by molar-refractivity contribution is -0.138. The van der Waals surface area contributed by atoms with Gasteiger partial charge in [-0.15, -0.1) is 0 Å². The van der Waals surface area contributed by atoms with Crippen molar-refractivity contribution in [2.24, 2.45) is 5.92 Å². The fourth-order valence-electron chi connectivity index (χ4n) is 2.96. The first kappa shape index (κ1) is 16.5. The molecular weight excluding hydrogens is 318 g/mol. The van der Waals surface area contributed by atoms with Crippen LogP contribution in [-0.4, -0.2) is 29.2 Å². The van der Waals surface area contributed by atoms with Crippen LogP contribution in [-0.2, 0) is 14.4 Å². The zero-order valence-electron chi connectivity index (χ0n) is 13.1. The van der Waals surface area contributed by atoms with Crippen molar-refractivity contribution in [3.63, 3.8) is 0 Å². The lowest BCUT2D eigenvalue weighted by Crippen LogP contribution is -2.36. The molecule has 1 aromatic carbocycles. The van der Waals surface area contributed by atoms with E-state index >= 15 is 0 Å². The van der Waals surface area contributed by atoms with E-state index < -0.39 is 17.7 Å². The van der Waals surface area contributed by atoms with Crippen LogP contribution in [0.2, 0.25) is 0 Å². The molecule has 5 nitrogen and oxygen atoms in total. The maximum atomic E-state index is 14.0. The summed E-state index contributed by atoms with van der Waals surface area (Å²) >= 11 is 0. The van der Waals surface area contributed by atoms with Crippen molar-refractivity contribution >= 4 is 17.7 Å². The van der Waals surface area contributed by atoms with E-state index in [1.165, 1.54) is 0 Å². The molecule has 0 radical (unpaired) electrons. The predicted octanol–water partition coefficient (Wildman–Crippen LogP) is 2.07. The second-order valence-corrected chi connectivity index (χ2v) is 6.24. The van der Waals surface area contributed by atoms with Crippen LogP contribution in [0.5, 0.6) is 0 Å². The van der Waals surface area contributed by atoms with E-state index in [2.05, 4.69) is 5.32 Å². The first-order valence-electron chi connectivity index (χ1n) is 8.03. The smallest absolute Gasteiger partial charge is 0.229 e. The number of hydrogen-bond acceptors (Lipinski definition) is 3. The minimum atomic E-state index is -0.585. The van der Waals surface area contributed by atoms with E-state index in [9.17, 15) is 23.2 Å². The van der Waals surface area contributed by atoms with Gasteiger partial charge in [0.05, 0.1) is 6.04 Å². The summed E-state index contributed by atoms with van der Waals surface area (Å²) in [6, 6.07) is 2.60. The van der Waals surface area contributed by atoms with Crippen LogP contribution in [0.15, 0.2) is 18.2 Å². The molecule has 1 aromatic rings. The molecule has 0 spiro atoms. The van der Waals surface area contributed by atoms with Gasteiger partial charge in [0.15, 0.2) is 0 Å². The largest absolute Gasteiger partial charge is 0.349 e. The second-order valence-electron chi connectivity index (χ2n) is 6.24. The third-order valence-electron chi connectivity index (χ3n) is 4.42. The second kappa shape index (κ2) is 6.67. The molecule has 1 aliphatic heterocycles. The fourth-order valence-corrected chi connectivity index (χ4v) is 2.96. The SMILES string of the molecule is O=C(CCN1C(=O)CCC1=O)N[C@@H](c1cc(F)ccc1F)C1CC1. The number of hydrogen-bond donors (Lipinski definition) is 1. The van der Waals surface area contributed by atoms with E-state index in [0.717, 1.165) is 35.9 Å². The molecule has 0 unspecified atom stereocenters. The van der Waals surface area contributed by atoms with Gasteiger partial charge in [0, 0.05) is 31.4 Å². The Hall–Kier alpha value is -2.31. The molecule has 0 bridgehead atoms. The summed E-state index contributed by atoms with van der Waals surface area (Å²) in [5.74, 6) is -1.97. The summed E-state index contributed by atoms with van der Waals surface area (Å²) < 4.78 is 27.4. The Morgan fingerprint density at radius 3 is 2.50 bits per heavy atom. The van der Waals surface area contributed by atoms with Crippen LogP contribution in [0.4, 0.5) is 8.78 Å². The number of benzene rings is 1. The number of nitrogens with zero attached hydrogens (tertiary/aromatic N) is 1. The molecule has 7 heteroatoms. The van der Waals surface area contributed by atoms with Gasteiger partial charge < -0.3 is 5.32 Å². The highest BCUT2D eigenvalue weighted by molar-refractivity contribution is 6.02. The Labute approximate surface area is 138 Å². The summed E-state index contributed by atoms with van der Waals surface area (Å²) in [6.45, 7) is 0.0204. The van der Waals surface area contributed by atoms with Crippen molar-refractivity contribution in [1.82, 2.24) is 10.2 Å². The molecule has 0 aromatic heterocycles. The van der Waals surface area contributed by atoms with Crippen molar-refractivity contribution in [1.29, 1.82) is 0 Å². The molecule has 1 aliphatic carbocycles. The van der Waals surface area contributed by atoms with Crippen LogP contribution in [0, 0.1) is 17.6 Å². The van der Waals surface area contributed by atoms with Gasteiger partial charge in [0.2, 0.25) is 17.7 Å². The first-order valence-corrected chi connectivity index (χ1v) is 8.03. The van der Waals surface area contributed by atoms with Gasteiger partial charge in [-0.2, -0.15) is 0 Å². The molecule has 24 heavy (non-hydrogen) atoms. The minimum Gasteiger partial charge on any atom is -0.349 e. The number of amides is 3. The zero-order valence-corrected chi connectivity index (χ0v) is 13.1. The molecule has 3 amide bonds. The van der Waals surface area contributed by atoms with Crippen molar-refractivity contribution < 1.29 is 23.2 Å². The van der Waals surface area contributed by atoms with Crippen LogP contribution >= 0.6 is 0 Å². The number of imide groups is 1. The Kier molecular flexibility index (Phi) is 4.59. The molecule has 2 aliphatic rings. The predicted molar refractivity (Wildman–Crippen MR) is 80.5 cm³/mol. The molecule has 1 N–H and O–H groups in total. The van der Waals surface area contributed by atoms with Crippen molar-refractivity contribution in [2.75, 3.05) is 6.54 Å². The number of halogens is 2. The van der Waals surface area contributed by atoms with Gasteiger partial charge in [0.1, 0.15) is 11.6 Å². The number of carbonyl (C=O) groups is 3. The Balaban J connectivity index is 1.63. The van der Waals surface area contributed by atoms with Crippen LogP contribution in [0.25, 0.3) is 0 Å². The molecule has 1 heterocycles. The summed E-state index contributed by atoms with van der Waals surface area (Å²) in [4.78, 5) is 36.3. The van der Waals surface area contributed by atoms with Gasteiger partial charge >= 0.3 is 0 Å². The zero-order chi connectivity index (χ0) is 17.3. The number of rotatable bonds is 6. The third kappa shape index (κ3) is 3.60. The molecule has 1 saturated carbocycles. The quantitative estimate of drug-likeness (QED) is 0.809. The molecule has 1 atom stereocenters. The van der Waals surface area contributed by atoms with Crippen LogP contribution in [0.3, 0.4) is 0 Å². The van der Waals surface area contributed by atoms with Crippen molar-refractivity contribution in [3.05, 3.63) is 35.4 Å². The van der Waals surface area contributed by atoms with E-state index in [0.29, 0.717) is 0 Å². The molecule has 128 valence electrons. The Morgan fingerprint density at radius 2 is 1.88 bits per heavy atom.